The van der Waals surface area contributed by atoms with Gasteiger partial charge in [-0.1, -0.05) is 35.8 Å². The van der Waals surface area contributed by atoms with Gasteiger partial charge in [0.25, 0.3) is 0 Å². The molecule has 3 fully saturated rings. The predicted molar refractivity (Wildman–Crippen MR) is 128 cm³/mol. The molecule has 1 saturated carbocycles. The molecule has 0 amide bonds. The molecule has 9 heteroatoms. The first kappa shape index (κ1) is 21.5. The lowest BCUT2D eigenvalue weighted by Gasteiger charge is -2.39. The molecule has 1 aromatic carbocycles. The van der Waals surface area contributed by atoms with Gasteiger partial charge in [0.15, 0.2) is 5.82 Å². The third-order valence-electron chi connectivity index (χ3n) is 7.62. The second-order valence-corrected chi connectivity index (χ2v) is 9.67. The summed E-state index contributed by atoms with van der Waals surface area (Å²) in [6.07, 6.45) is 9.51. The summed E-state index contributed by atoms with van der Waals surface area (Å²) in [7, 11) is 0. The lowest BCUT2D eigenvalue weighted by atomic mass is 9.64. The number of rotatable bonds is 6. The van der Waals surface area contributed by atoms with Gasteiger partial charge in [0.2, 0.25) is 5.95 Å². The van der Waals surface area contributed by atoms with Gasteiger partial charge in [-0.05, 0) is 36.8 Å². The van der Waals surface area contributed by atoms with Crippen LogP contribution in [0.1, 0.15) is 43.5 Å². The zero-order valence-electron chi connectivity index (χ0n) is 19.4. The molecule has 2 aromatic heterocycles. The number of aromatic nitrogens is 4. The van der Waals surface area contributed by atoms with E-state index in [0.717, 1.165) is 69.1 Å². The van der Waals surface area contributed by atoms with Crippen molar-refractivity contribution in [3.05, 3.63) is 48.0 Å². The summed E-state index contributed by atoms with van der Waals surface area (Å²) in [5.74, 6) is 1.09. The van der Waals surface area contributed by atoms with Crippen molar-refractivity contribution in [1.82, 2.24) is 25.0 Å². The lowest BCUT2D eigenvalue weighted by molar-refractivity contribution is 0.0709. The van der Waals surface area contributed by atoms with E-state index in [1.165, 1.54) is 24.8 Å². The first-order chi connectivity index (χ1) is 16.7. The minimum absolute atomic E-state index is 0.167. The van der Waals surface area contributed by atoms with E-state index in [9.17, 15) is 0 Å². The Morgan fingerprint density at radius 3 is 2.38 bits per heavy atom. The summed E-state index contributed by atoms with van der Waals surface area (Å²) < 4.78 is 11.6. The molecule has 3 aromatic rings. The Morgan fingerprint density at radius 2 is 1.74 bits per heavy atom. The van der Waals surface area contributed by atoms with Crippen LogP contribution in [0, 0.1) is 0 Å². The van der Waals surface area contributed by atoms with Crippen LogP contribution in [0.5, 0.6) is 0 Å². The molecule has 3 aliphatic rings. The van der Waals surface area contributed by atoms with Crippen LogP contribution in [0.25, 0.3) is 11.1 Å². The number of ether oxygens (including phenoxy) is 1. The Bertz CT molecular complexity index is 1100. The molecule has 1 unspecified atom stereocenters. The maximum absolute atomic E-state index is 5.80. The molecule has 0 bridgehead atoms. The maximum Gasteiger partial charge on any atom is 0.324 e. The Hall–Kier alpha value is -3.04. The van der Waals surface area contributed by atoms with Gasteiger partial charge in [-0.3, -0.25) is 4.90 Å². The first-order valence-electron chi connectivity index (χ1n) is 12.3. The standard InChI is InChI=1S/C25H31N7O2/c26-23-27-15-19(16-28-23)18-4-6-20(7-5-18)25(8-2-9-25)22-29-24(34-30-22)32-12-10-31(11-13-32)17-21-3-1-14-33-21/h4-7,15-16,21H,1-3,8-14,17H2,(H2,26,27,28). The van der Waals surface area contributed by atoms with Crippen LogP contribution in [-0.2, 0) is 10.2 Å². The highest BCUT2D eigenvalue weighted by molar-refractivity contribution is 5.62. The molecule has 2 aliphatic heterocycles. The first-order valence-corrected chi connectivity index (χ1v) is 12.3. The summed E-state index contributed by atoms with van der Waals surface area (Å²) >= 11 is 0. The second kappa shape index (κ2) is 8.96. The number of nitrogens with two attached hydrogens (primary N) is 1. The van der Waals surface area contributed by atoms with Crippen molar-refractivity contribution in [3.63, 3.8) is 0 Å². The number of nitrogens with zero attached hydrogens (tertiary/aromatic N) is 6. The fourth-order valence-electron chi connectivity index (χ4n) is 5.38. The van der Waals surface area contributed by atoms with Crippen LogP contribution in [0.2, 0.25) is 0 Å². The Balaban J connectivity index is 1.14. The van der Waals surface area contributed by atoms with Crippen LogP contribution in [0.15, 0.2) is 41.2 Å². The zero-order valence-corrected chi connectivity index (χ0v) is 19.4. The van der Waals surface area contributed by atoms with E-state index >= 15 is 0 Å². The molecule has 0 radical (unpaired) electrons. The molecule has 9 nitrogen and oxygen atoms in total. The molecule has 178 valence electrons. The van der Waals surface area contributed by atoms with Crippen molar-refractivity contribution in [2.45, 2.75) is 43.6 Å². The van der Waals surface area contributed by atoms with Gasteiger partial charge in [-0.15, -0.1) is 0 Å². The SMILES string of the molecule is Nc1ncc(-c2ccc(C3(c4noc(N5CCN(CC6CCCO6)CC5)n4)CCC3)cc2)cn1. The zero-order chi connectivity index (χ0) is 23.0. The van der Waals surface area contributed by atoms with Crippen molar-refractivity contribution in [1.29, 1.82) is 0 Å². The molecular formula is C25H31N7O2. The van der Waals surface area contributed by atoms with Gasteiger partial charge >= 0.3 is 6.01 Å². The van der Waals surface area contributed by atoms with Crippen molar-refractivity contribution >= 4 is 12.0 Å². The Labute approximate surface area is 199 Å². The van der Waals surface area contributed by atoms with Gasteiger partial charge in [0.1, 0.15) is 0 Å². The molecule has 2 saturated heterocycles. The maximum atomic E-state index is 5.80. The lowest BCUT2D eigenvalue weighted by Crippen LogP contribution is -2.48. The average Bonchev–Trinajstić information content (AvgIpc) is 3.53. The van der Waals surface area contributed by atoms with Crippen molar-refractivity contribution in [2.75, 3.05) is 50.0 Å². The molecule has 2 N–H and O–H groups in total. The Morgan fingerprint density at radius 1 is 0.971 bits per heavy atom. The topological polar surface area (TPSA) is 106 Å². The molecular weight excluding hydrogens is 430 g/mol. The van der Waals surface area contributed by atoms with E-state index < -0.39 is 0 Å². The largest absolute Gasteiger partial charge is 0.377 e. The minimum Gasteiger partial charge on any atom is -0.377 e. The fourth-order valence-corrected chi connectivity index (χ4v) is 5.38. The summed E-state index contributed by atoms with van der Waals surface area (Å²) in [6.45, 7) is 5.75. The van der Waals surface area contributed by atoms with Crippen molar-refractivity contribution in [3.8, 4) is 11.1 Å². The highest BCUT2D eigenvalue weighted by Crippen LogP contribution is 2.48. The van der Waals surface area contributed by atoms with Crippen LogP contribution >= 0.6 is 0 Å². The van der Waals surface area contributed by atoms with E-state index in [2.05, 4.69) is 49.2 Å². The summed E-state index contributed by atoms with van der Waals surface area (Å²) in [4.78, 5) is 17.8. The molecule has 4 heterocycles. The summed E-state index contributed by atoms with van der Waals surface area (Å²) in [5, 5.41) is 4.46. The van der Waals surface area contributed by atoms with E-state index in [-0.39, 0.29) is 11.4 Å². The smallest absolute Gasteiger partial charge is 0.324 e. The molecule has 34 heavy (non-hydrogen) atoms. The highest BCUT2D eigenvalue weighted by atomic mass is 16.5. The van der Waals surface area contributed by atoms with Crippen molar-refractivity contribution < 1.29 is 9.26 Å². The predicted octanol–water partition coefficient (Wildman–Crippen LogP) is 2.88. The monoisotopic (exact) mass is 461 g/mol. The molecule has 1 atom stereocenters. The number of hydrogen-bond donors (Lipinski definition) is 1. The summed E-state index contributed by atoms with van der Waals surface area (Å²) in [5.41, 5.74) is 8.69. The van der Waals surface area contributed by atoms with Gasteiger partial charge in [0.05, 0.1) is 11.5 Å². The number of anilines is 2. The van der Waals surface area contributed by atoms with Gasteiger partial charge < -0.3 is 19.9 Å². The Kier molecular flexibility index (Phi) is 5.66. The van der Waals surface area contributed by atoms with E-state index in [0.29, 0.717) is 12.1 Å². The van der Waals surface area contributed by atoms with Crippen LogP contribution < -0.4 is 10.6 Å². The van der Waals surface area contributed by atoms with Crippen LogP contribution in [0.4, 0.5) is 12.0 Å². The highest BCUT2D eigenvalue weighted by Gasteiger charge is 2.45. The van der Waals surface area contributed by atoms with Gasteiger partial charge in [-0.25, -0.2) is 9.97 Å². The normalized spacial score (nSPS) is 22.6. The number of benzene rings is 1. The van der Waals surface area contributed by atoms with Crippen LogP contribution in [0.3, 0.4) is 0 Å². The van der Waals surface area contributed by atoms with Crippen molar-refractivity contribution in [2.24, 2.45) is 0 Å². The van der Waals surface area contributed by atoms with Crippen LogP contribution in [-0.4, -0.2) is 70.4 Å². The van der Waals surface area contributed by atoms with E-state index in [4.69, 9.17) is 20.0 Å². The average molecular weight is 462 g/mol. The van der Waals surface area contributed by atoms with Gasteiger partial charge in [0, 0.05) is 57.3 Å². The molecule has 1 aliphatic carbocycles. The second-order valence-electron chi connectivity index (χ2n) is 9.67. The minimum atomic E-state index is -0.167. The fraction of sp³-hybridized carbons (Fsp3) is 0.520. The third-order valence-corrected chi connectivity index (χ3v) is 7.62. The van der Waals surface area contributed by atoms with E-state index in [1.54, 1.807) is 12.4 Å². The molecule has 0 spiro atoms. The quantitative estimate of drug-likeness (QED) is 0.593. The summed E-state index contributed by atoms with van der Waals surface area (Å²) in [6, 6.07) is 9.21. The van der Waals surface area contributed by atoms with E-state index in [1.807, 2.05) is 0 Å². The third kappa shape index (κ3) is 4.03. The molecule has 6 rings (SSSR count). The number of nitrogen functional groups attached to an aromatic ring is 1. The number of piperazine rings is 1. The van der Waals surface area contributed by atoms with Gasteiger partial charge in [-0.2, -0.15) is 4.98 Å². The number of hydrogen-bond acceptors (Lipinski definition) is 9.